The lowest BCUT2D eigenvalue weighted by molar-refractivity contribution is 0.332. The van der Waals surface area contributed by atoms with Crippen molar-refractivity contribution < 1.29 is 4.74 Å². The quantitative estimate of drug-likeness (QED) is 0.816. The van der Waals surface area contributed by atoms with E-state index in [1.165, 1.54) is 16.8 Å². The Labute approximate surface area is 122 Å². The highest BCUT2D eigenvalue weighted by Crippen LogP contribution is 2.20. The number of aryl methyl sites for hydroxylation is 2. The first-order chi connectivity index (χ1) is 9.16. The molecule has 3 heteroatoms. The second-order valence-corrected chi connectivity index (χ2v) is 5.42. The molecule has 0 bridgehead atoms. The minimum Gasteiger partial charge on any atom is -0.492 e. The van der Waals surface area contributed by atoms with E-state index in [1.54, 1.807) is 0 Å². The Morgan fingerprint density at radius 3 is 2.42 bits per heavy atom. The summed E-state index contributed by atoms with van der Waals surface area (Å²) in [7, 11) is 0. The molecule has 0 saturated heterocycles. The molecular formula is C16H18BrNO. The van der Waals surface area contributed by atoms with Gasteiger partial charge >= 0.3 is 0 Å². The number of anilines is 1. The molecule has 0 radical (unpaired) electrons. The average molecular weight is 320 g/mol. The first-order valence-corrected chi connectivity index (χ1v) is 7.14. The van der Waals surface area contributed by atoms with Gasteiger partial charge < -0.3 is 10.1 Å². The second kappa shape index (κ2) is 6.62. The third kappa shape index (κ3) is 4.00. The van der Waals surface area contributed by atoms with Gasteiger partial charge in [-0.2, -0.15) is 0 Å². The molecule has 2 aromatic rings. The summed E-state index contributed by atoms with van der Waals surface area (Å²) in [5, 5.41) is 3.43. The summed E-state index contributed by atoms with van der Waals surface area (Å²) in [4.78, 5) is 0. The summed E-state index contributed by atoms with van der Waals surface area (Å²) in [6.07, 6.45) is 0. The molecule has 19 heavy (non-hydrogen) atoms. The molecule has 0 fully saturated rings. The summed E-state index contributed by atoms with van der Waals surface area (Å²) in [6.45, 7) is 5.66. The molecule has 0 spiro atoms. The molecular weight excluding hydrogens is 302 g/mol. The van der Waals surface area contributed by atoms with Crippen molar-refractivity contribution in [3.63, 3.8) is 0 Å². The van der Waals surface area contributed by atoms with Gasteiger partial charge in [-0.1, -0.05) is 40.2 Å². The van der Waals surface area contributed by atoms with E-state index >= 15 is 0 Å². The molecule has 0 aromatic heterocycles. The maximum atomic E-state index is 5.70. The first kappa shape index (κ1) is 13.9. The average Bonchev–Trinajstić information content (AvgIpc) is 2.37. The van der Waals surface area contributed by atoms with Crippen molar-refractivity contribution in [1.82, 2.24) is 0 Å². The molecule has 0 aliphatic heterocycles. The van der Waals surface area contributed by atoms with E-state index in [4.69, 9.17) is 4.74 Å². The number of halogens is 1. The Morgan fingerprint density at radius 1 is 1.05 bits per heavy atom. The van der Waals surface area contributed by atoms with Crippen LogP contribution in [0.4, 0.5) is 5.69 Å². The number of benzene rings is 2. The van der Waals surface area contributed by atoms with Crippen molar-refractivity contribution in [3.05, 3.63) is 58.1 Å². The predicted molar refractivity (Wildman–Crippen MR) is 84.0 cm³/mol. The van der Waals surface area contributed by atoms with Crippen LogP contribution >= 0.6 is 15.9 Å². The number of hydrogen-bond acceptors (Lipinski definition) is 2. The van der Waals surface area contributed by atoms with Gasteiger partial charge in [0.15, 0.2) is 0 Å². The summed E-state index contributed by atoms with van der Waals surface area (Å²) in [5.41, 5.74) is 3.74. The molecule has 1 N–H and O–H groups in total. The Hall–Kier alpha value is -1.48. The van der Waals surface area contributed by atoms with Crippen LogP contribution in [0.2, 0.25) is 0 Å². The number of hydrogen-bond donors (Lipinski definition) is 1. The van der Waals surface area contributed by atoms with Crippen LogP contribution in [0.3, 0.4) is 0 Å². The van der Waals surface area contributed by atoms with Crippen LogP contribution in [0.15, 0.2) is 46.9 Å². The van der Waals surface area contributed by atoms with Crippen molar-refractivity contribution in [2.45, 2.75) is 13.8 Å². The standard InChI is InChI=1S/C16H18BrNO/c1-12-5-3-6-13(2)16(12)18-9-10-19-15-8-4-7-14(17)11-15/h3-8,11,18H,9-10H2,1-2H3. The highest BCUT2D eigenvalue weighted by Gasteiger charge is 2.01. The molecule has 0 saturated carbocycles. The monoisotopic (exact) mass is 319 g/mol. The molecule has 100 valence electrons. The number of rotatable bonds is 5. The van der Waals surface area contributed by atoms with Crippen LogP contribution in [-0.2, 0) is 0 Å². The smallest absolute Gasteiger partial charge is 0.120 e. The van der Waals surface area contributed by atoms with E-state index in [-0.39, 0.29) is 0 Å². The van der Waals surface area contributed by atoms with Crippen LogP contribution in [0.5, 0.6) is 5.75 Å². The lowest BCUT2D eigenvalue weighted by Gasteiger charge is -2.13. The van der Waals surface area contributed by atoms with Gasteiger partial charge in [0.05, 0.1) is 0 Å². The number of para-hydroxylation sites is 1. The topological polar surface area (TPSA) is 21.3 Å². The largest absolute Gasteiger partial charge is 0.492 e. The second-order valence-electron chi connectivity index (χ2n) is 4.50. The molecule has 0 atom stereocenters. The lowest BCUT2D eigenvalue weighted by atomic mass is 10.1. The van der Waals surface area contributed by atoms with Gasteiger partial charge in [0.25, 0.3) is 0 Å². The third-order valence-electron chi connectivity index (χ3n) is 2.95. The maximum absolute atomic E-state index is 5.70. The van der Waals surface area contributed by atoms with Crippen molar-refractivity contribution in [2.24, 2.45) is 0 Å². The van der Waals surface area contributed by atoms with Crippen molar-refractivity contribution in [3.8, 4) is 5.75 Å². The number of nitrogens with one attached hydrogen (secondary N) is 1. The summed E-state index contributed by atoms with van der Waals surface area (Å²) < 4.78 is 6.73. The Morgan fingerprint density at radius 2 is 1.74 bits per heavy atom. The number of ether oxygens (including phenoxy) is 1. The van der Waals surface area contributed by atoms with Gasteiger partial charge in [-0.15, -0.1) is 0 Å². The minimum absolute atomic E-state index is 0.643. The Kier molecular flexibility index (Phi) is 4.86. The van der Waals surface area contributed by atoms with E-state index in [2.05, 4.69) is 53.3 Å². The van der Waals surface area contributed by atoms with E-state index in [0.29, 0.717) is 6.61 Å². The zero-order valence-electron chi connectivity index (χ0n) is 11.2. The summed E-state index contributed by atoms with van der Waals surface area (Å²) in [5.74, 6) is 0.887. The van der Waals surface area contributed by atoms with Crippen molar-refractivity contribution in [2.75, 3.05) is 18.5 Å². The first-order valence-electron chi connectivity index (χ1n) is 6.35. The highest BCUT2D eigenvalue weighted by molar-refractivity contribution is 9.10. The van der Waals surface area contributed by atoms with Crippen LogP contribution in [0.1, 0.15) is 11.1 Å². The summed E-state index contributed by atoms with van der Waals surface area (Å²) in [6, 6.07) is 14.2. The van der Waals surface area contributed by atoms with Crippen LogP contribution in [-0.4, -0.2) is 13.2 Å². The molecule has 0 heterocycles. The van der Waals surface area contributed by atoms with E-state index in [9.17, 15) is 0 Å². The molecule has 2 aromatic carbocycles. The van der Waals surface area contributed by atoms with Gasteiger partial charge in [0.2, 0.25) is 0 Å². The fourth-order valence-corrected chi connectivity index (χ4v) is 2.37. The maximum Gasteiger partial charge on any atom is 0.120 e. The Bertz CT molecular complexity index is 534. The van der Waals surface area contributed by atoms with Gasteiger partial charge in [0, 0.05) is 16.7 Å². The van der Waals surface area contributed by atoms with Crippen LogP contribution in [0, 0.1) is 13.8 Å². The van der Waals surface area contributed by atoms with Crippen LogP contribution in [0.25, 0.3) is 0 Å². The van der Waals surface area contributed by atoms with E-state index in [1.807, 2.05) is 24.3 Å². The van der Waals surface area contributed by atoms with Crippen LogP contribution < -0.4 is 10.1 Å². The van der Waals surface area contributed by atoms with Gasteiger partial charge in [-0.3, -0.25) is 0 Å². The fraction of sp³-hybridized carbons (Fsp3) is 0.250. The highest BCUT2D eigenvalue weighted by atomic mass is 79.9. The lowest BCUT2D eigenvalue weighted by Crippen LogP contribution is -2.12. The van der Waals surface area contributed by atoms with Crippen molar-refractivity contribution >= 4 is 21.6 Å². The molecule has 0 aliphatic rings. The van der Waals surface area contributed by atoms with E-state index < -0.39 is 0 Å². The molecule has 2 rings (SSSR count). The third-order valence-corrected chi connectivity index (χ3v) is 3.44. The normalized spacial score (nSPS) is 10.3. The molecule has 0 unspecified atom stereocenters. The van der Waals surface area contributed by atoms with Gasteiger partial charge in [-0.25, -0.2) is 0 Å². The molecule has 2 nitrogen and oxygen atoms in total. The fourth-order valence-electron chi connectivity index (χ4n) is 1.99. The predicted octanol–water partition coefficient (Wildman–Crippen LogP) is 4.56. The van der Waals surface area contributed by atoms with Crippen molar-refractivity contribution in [1.29, 1.82) is 0 Å². The zero-order valence-corrected chi connectivity index (χ0v) is 12.8. The molecule has 0 amide bonds. The van der Waals surface area contributed by atoms with Gasteiger partial charge in [-0.05, 0) is 43.2 Å². The molecule has 0 aliphatic carbocycles. The summed E-state index contributed by atoms with van der Waals surface area (Å²) >= 11 is 3.43. The van der Waals surface area contributed by atoms with Gasteiger partial charge in [0.1, 0.15) is 12.4 Å². The Balaban J connectivity index is 1.84. The minimum atomic E-state index is 0.643. The zero-order chi connectivity index (χ0) is 13.7. The SMILES string of the molecule is Cc1cccc(C)c1NCCOc1cccc(Br)c1. The van der Waals surface area contributed by atoms with E-state index in [0.717, 1.165) is 16.8 Å².